The average Bonchev–Trinajstić information content (AvgIpc) is 2.22. The van der Waals surface area contributed by atoms with Gasteiger partial charge in [-0.3, -0.25) is 0 Å². The van der Waals surface area contributed by atoms with Crippen LogP contribution in [0, 0.1) is 5.41 Å². The van der Waals surface area contributed by atoms with E-state index in [0.29, 0.717) is 6.04 Å². The topological polar surface area (TPSA) is 15.3 Å². The van der Waals surface area contributed by atoms with Crippen LogP contribution < -0.4 is 5.32 Å². The molecule has 0 amide bonds. The van der Waals surface area contributed by atoms with Crippen LogP contribution in [0.2, 0.25) is 0 Å². The van der Waals surface area contributed by atoms with Gasteiger partial charge < -0.3 is 10.2 Å². The first-order valence-electron chi connectivity index (χ1n) is 7.17. The molecule has 0 heterocycles. The summed E-state index contributed by atoms with van der Waals surface area (Å²) in [5, 5.41) is 3.79. The molecule has 0 aliphatic heterocycles. The Morgan fingerprint density at radius 2 is 1.47 bits per heavy atom. The largest absolute Gasteiger partial charge is 0.312 e. The first-order chi connectivity index (χ1) is 7.76. The molecule has 0 bridgehead atoms. The summed E-state index contributed by atoms with van der Waals surface area (Å²) in [6, 6.07) is 0.528. The molecular formula is C15H34N2. The number of hydrogen-bond donors (Lipinski definition) is 1. The first kappa shape index (κ1) is 16.9. The van der Waals surface area contributed by atoms with E-state index >= 15 is 0 Å². The summed E-state index contributed by atoms with van der Waals surface area (Å²) in [6.07, 6.45) is 3.58. The minimum Gasteiger partial charge on any atom is -0.312 e. The van der Waals surface area contributed by atoms with E-state index in [1.54, 1.807) is 0 Å². The molecule has 0 aromatic heterocycles. The van der Waals surface area contributed by atoms with Gasteiger partial charge in [0.05, 0.1) is 0 Å². The summed E-state index contributed by atoms with van der Waals surface area (Å²) in [6.45, 7) is 15.0. The number of nitrogens with one attached hydrogen (secondary N) is 1. The van der Waals surface area contributed by atoms with Gasteiger partial charge in [0.2, 0.25) is 0 Å². The average molecular weight is 242 g/mol. The second-order valence-electron chi connectivity index (χ2n) is 6.46. The molecular weight excluding hydrogens is 208 g/mol. The van der Waals surface area contributed by atoms with Crippen LogP contribution in [0.5, 0.6) is 0 Å². The van der Waals surface area contributed by atoms with Crippen molar-refractivity contribution in [3.63, 3.8) is 0 Å². The van der Waals surface area contributed by atoms with E-state index in [4.69, 9.17) is 0 Å². The Balaban J connectivity index is 5.21. The highest BCUT2D eigenvalue weighted by atomic mass is 15.2. The zero-order valence-corrected chi connectivity index (χ0v) is 13.4. The van der Waals surface area contributed by atoms with Crippen molar-refractivity contribution in [2.45, 2.75) is 72.4 Å². The molecule has 0 aromatic rings. The fourth-order valence-electron chi connectivity index (χ4n) is 3.14. The Labute approximate surface area is 109 Å². The quantitative estimate of drug-likeness (QED) is 0.735. The Bertz CT molecular complexity index is 199. The highest BCUT2D eigenvalue weighted by Gasteiger charge is 2.43. The van der Waals surface area contributed by atoms with E-state index in [1.165, 1.54) is 19.3 Å². The maximum absolute atomic E-state index is 3.79. The van der Waals surface area contributed by atoms with E-state index < -0.39 is 0 Å². The van der Waals surface area contributed by atoms with E-state index in [-0.39, 0.29) is 11.0 Å². The van der Waals surface area contributed by atoms with E-state index in [9.17, 15) is 0 Å². The lowest BCUT2D eigenvalue weighted by atomic mass is 9.70. The fourth-order valence-corrected chi connectivity index (χ4v) is 3.14. The molecule has 2 heteroatoms. The van der Waals surface area contributed by atoms with Crippen LogP contribution in [-0.4, -0.2) is 37.1 Å². The van der Waals surface area contributed by atoms with Gasteiger partial charge >= 0.3 is 0 Å². The van der Waals surface area contributed by atoms with Gasteiger partial charge in [0.25, 0.3) is 0 Å². The molecule has 1 atom stereocenters. The standard InChI is InChI=1S/C15H34N2/c1-9-12-16-13(14(4,5)6)15(10-2,11-3)17(7)8/h13,16H,9-12H2,1-8H3. The summed E-state index contributed by atoms with van der Waals surface area (Å²) in [5.74, 6) is 0. The monoisotopic (exact) mass is 242 g/mol. The van der Waals surface area contributed by atoms with Gasteiger partial charge in [-0.2, -0.15) is 0 Å². The van der Waals surface area contributed by atoms with Gasteiger partial charge in [0.1, 0.15) is 0 Å². The highest BCUT2D eigenvalue weighted by Crippen LogP contribution is 2.35. The lowest BCUT2D eigenvalue weighted by molar-refractivity contribution is 0.0355. The summed E-state index contributed by atoms with van der Waals surface area (Å²) >= 11 is 0. The third kappa shape index (κ3) is 3.96. The third-order valence-electron chi connectivity index (χ3n) is 4.12. The number of rotatable bonds is 7. The van der Waals surface area contributed by atoms with Crippen LogP contribution in [0.3, 0.4) is 0 Å². The molecule has 17 heavy (non-hydrogen) atoms. The molecule has 0 aromatic carbocycles. The molecule has 0 aliphatic carbocycles. The van der Waals surface area contributed by atoms with Gasteiger partial charge in [-0.15, -0.1) is 0 Å². The van der Waals surface area contributed by atoms with E-state index in [2.05, 4.69) is 65.9 Å². The van der Waals surface area contributed by atoms with Crippen molar-refractivity contribution in [2.24, 2.45) is 5.41 Å². The van der Waals surface area contributed by atoms with Crippen LogP contribution >= 0.6 is 0 Å². The van der Waals surface area contributed by atoms with Crippen molar-refractivity contribution < 1.29 is 0 Å². The summed E-state index contributed by atoms with van der Waals surface area (Å²) in [4.78, 5) is 2.42. The maximum atomic E-state index is 3.79. The number of nitrogens with zero attached hydrogens (tertiary/aromatic N) is 1. The van der Waals surface area contributed by atoms with E-state index in [0.717, 1.165) is 6.54 Å². The Hall–Kier alpha value is -0.0800. The zero-order chi connectivity index (χ0) is 13.7. The third-order valence-corrected chi connectivity index (χ3v) is 4.12. The predicted molar refractivity (Wildman–Crippen MR) is 78.5 cm³/mol. The second kappa shape index (κ2) is 6.75. The first-order valence-corrected chi connectivity index (χ1v) is 7.17. The molecule has 0 fully saturated rings. The molecule has 0 rings (SSSR count). The van der Waals surface area contributed by atoms with Crippen molar-refractivity contribution in [2.75, 3.05) is 20.6 Å². The van der Waals surface area contributed by atoms with Crippen LogP contribution in [0.25, 0.3) is 0 Å². The van der Waals surface area contributed by atoms with Crippen molar-refractivity contribution in [3.05, 3.63) is 0 Å². The number of likely N-dealkylation sites (N-methyl/N-ethyl adjacent to an activating group) is 1. The normalized spacial score (nSPS) is 15.4. The molecule has 0 saturated carbocycles. The molecule has 1 N–H and O–H groups in total. The van der Waals surface area contributed by atoms with Gasteiger partial charge in [0.15, 0.2) is 0 Å². The SMILES string of the molecule is CCCNC(C(C)(C)C)C(CC)(CC)N(C)C. The molecule has 0 aliphatic rings. The van der Waals surface area contributed by atoms with Crippen molar-refractivity contribution in [1.29, 1.82) is 0 Å². The number of hydrogen-bond acceptors (Lipinski definition) is 2. The van der Waals surface area contributed by atoms with Crippen molar-refractivity contribution in [3.8, 4) is 0 Å². The van der Waals surface area contributed by atoms with Crippen LogP contribution in [0.4, 0.5) is 0 Å². The predicted octanol–water partition coefficient (Wildman–Crippen LogP) is 3.52. The molecule has 0 spiro atoms. The maximum Gasteiger partial charge on any atom is 0.0356 e. The van der Waals surface area contributed by atoms with E-state index in [1.807, 2.05) is 0 Å². The Morgan fingerprint density at radius 3 is 1.71 bits per heavy atom. The molecule has 104 valence electrons. The van der Waals surface area contributed by atoms with Gasteiger partial charge in [0, 0.05) is 11.6 Å². The summed E-state index contributed by atoms with van der Waals surface area (Å²) in [5.41, 5.74) is 0.541. The van der Waals surface area contributed by atoms with Gasteiger partial charge in [-0.1, -0.05) is 41.5 Å². The molecule has 0 saturated heterocycles. The van der Waals surface area contributed by atoms with Crippen LogP contribution in [-0.2, 0) is 0 Å². The van der Waals surface area contributed by atoms with Crippen LogP contribution in [0.1, 0.15) is 60.8 Å². The summed E-state index contributed by atoms with van der Waals surface area (Å²) < 4.78 is 0. The lowest BCUT2D eigenvalue weighted by Gasteiger charge is -2.51. The molecule has 1 unspecified atom stereocenters. The fraction of sp³-hybridized carbons (Fsp3) is 1.00. The molecule has 2 nitrogen and oxygen atoms in total. The Morgan fingerprint density at radius 1 is 1.00 bits per heavy atom. The minimum atomic E-state index is 0.257. The Kier molecular flexibility index (Phi) is 6.71. The smallest absolute Gasteiger partial charge is 0.0356 e. The second-order valence-corrected chi connectivity index (χ2v) is 6.46. The van der Waals surface area contributed by atoms with Gasteiger partial charge in [-0.05, 0) is 45.3 Å². The molecule has 0 radical (unpaired) electrons. The zero-order valence-electron chi connectivity index (χ0n) is 13.4. The van der Waals surface area contributed by atoms with Crippen molar-refractivity contribution >= 4 is 0 Å². The lowest BCUT2D eigenvalue weighted by Crippen LogP contribution is -2.63. The summed E-state index contributed by atoms with van der Waals surface area (Å²) in [7, 11) is 4.44. The van der Waals surface area contributed by atoms with Crippen molar-refractivity contribution in [1.82, 2.24) is 10.2 Å². The van der Waals surface area contributed by atoms with Gasteiger partial charge in [-0.25, -0.2) is 0 Å². The minimum absolute atomic E-state index is 0.257. The van der Waals surface area contributed by atoms with Crippen LogP contribution in [0.15, 0.2) is 0 Å². The highest BCUT2D eigenvalue weighted by molar-refractivity contribution is 5.02.